The average molecular weight is 478 g/mol. The third-order valence-corrected chi connectivity index (χ3v) is 7.32. The van der Waals surface area contributed by atoms with Gasteiger partial charge in [-0.25, -0.2) is 9.59 Å². The fourth-order valence-electron chi connectivity index (χ4n) is 0.622. The van der Waals surface area contributed by atoms with Gasteiger partial charge in [-0.05, 0) is 0 Å². The Bertz CT molecular complexity index is 944. The zero-order valence-corrected chi connectivity index (χ0v) is 14.2. The Kier molecular flexibility index (Phi) is 6.11. The zero-order chi connectivity index (χ0) is 21.6. The van der Waals surface area contributed by atoms with Gasteiger partial charge in [0.2, 0.25) is 0 Å². The topological polar surface area (TPSA) is 230 Å². The summed E-state index contributed by atoms with van der Waals surface area (Å²) in [6.45, 7) is 0. The SMILES string of the molecule is O=C(OS(=O)(=O)C(F)(F)S(=O)(=O)O)C(=O)OS(=O)(=O)C(F)(F)S(=O)(=O)O. The van der Waals surface area contributed by atoms with Crippen molar-refractivity contribution in [2.24, 2.45) is 0 Å². The van der Waals surface area contributed by atoms with Crippen molar-refractivity contribution >= 4 is 52.4 Å². The van der Waals surface area contributed by atoms with Crippen LogP contribution >= 0.6 is 0 Å². The van der Waals surface area contributed by atoms with Gasteiger partial charge in [0.05, 0.1) is 0 Å². The quantitative estimate of drug-likeness (QED) is 0.176. The van der Waals surface area contributed by atoms with Gasteiger partial charge in [0.1, 0.15) is 0 Å². The molecule has 0 saturated carbocycles. The van der Waals surface area contributed by atoms with Crippen LogP contribution in [0.3, 0.4) is 0 Å². The fraction of sp³-hybridized carbons (Fsp3) is 0.500. The molecule has 0 saturated heterocycles. The summed E-state index contributed by atoms with van der Waals surface area (Å²) < 4.78 is 143. The van der Waals surface area contributed by atoms with Crippen molar-refractivity contribution in [1.82, 2.24) is 0 Å². The van der Waals surface area contributed by atoms with Crippen LogP contribution in [0.4, 0.5) is 17.6 Å². The summed E-state index contributed by atoms with van der Waals surface area (Å²) in [6, 6.07) is 0. The molecule has 26 heavy (non-hydrogen) atoms. The predicted molar refractivity (Wildman–Crippen MR) is 63.0 cm³/mol. The molecule has 0 aromatic heterocycles. The van der Waals surface area contributed by atoms with Crippen LogP contribution < -0.4 is 0 Å². The monoisotopic (exact) mass is 478 g/mol. The van der Waals surface area contributed by atoms with E-state index in [-0.39, 0.29) is 0 Å². The average Bonchev–Trinajstić information content (AvgIpc) is 2.34. The molecule has 0 aliphatic heterocycles. The maximum Gasteiger partial charge on any atom is 0.507 e. The Morgan fingerprint density at radius 1 is 0.615 bits per heavy atom. The highest BCUT2D eigenvalue weighted by atomic mass is 32.3. The minimum Gasteiger partial charge on any atom is -0.331 e. The van der Waals surface area contributed by atoms with E-state index in [4.69, 9.17) is 9.11 Å². The van der Waals surface area contributed by atoms with E-state index in [0.29, 0.717) is 0 Å². The third-order valence-electron chi connectivity index (χ3n) is 1.72. The molecule has 0 heterocycles. The Hall–Kier alpha value is -1.62. The first-order chi connectivity index (χ1) is 11.0. The van der Waals surface area contributed by atoms with E-state index in [1.165, 1.54) is 0 Å². The normalized spacial score (nSPS) is 14.5. The highest BCUT2D eigenvalue weighted by molar-refractivity contribution is 8.05. The lowest BCUT2D eigenvalue weighted by Gasteiger charge is -2.14. The van der Waals surface area contributed by atoms with E-state index in [1.807, 2.05) is 0 Å². The molecule has 0 atom stereocenters. The lowest BCUT2D eigenvalue weighted by Crippen LogP contribution is -2.43. The van der Waals surface area contributed by atoms with E-state index in [9.17, 15) is 60.8 Å². The highest BCUT2D eigenvalue weighted by Gasteiger charge is 2.63. The summed E-state index contributed by atoms with van der Waals surface area (Å²) >= 11 is 0. The first kappa shape index (κ1) is 24.4. The number of carbonyl (C=O) groups excluding carboxylic acids is 2. The maximum atomic E-state index is 12.8. The summed E-state index contributed by atoms with van der Waals surface area (Å²) in [4.78, 5) is 21.6. The molecule has 14 nitrogen and oxygen atoms in total. The summed E-state index contributed by atoms with van der Waals surface area (Å²) in [7, 11) is -27.7. The Labute approximate surface area is 140 Å². The van der Waals surface area contributed by atoms with Crippen molar-refractivity contribution in [1.29, 1.82) is 0 Å². The van der Waals surface area contributed by atoms with Crippen LogP contribution in [0.1, 0.15) is 0 Å². The summed E-state index contributed by atoms with van der Waals surface area (Å²) in [5.41, 5.74) is 0. The van der Waals surface area contributed by atoms with Gasteiger partial charge in [0, 0.05) is 0 Å². The molecule has 154 valence electrons. The van der Waals surface area contributed by atoms with Gasteiger partial charge in [0.15, 0.2) is 0 Å². The number of rotatable bonds is 6. The summed E-state index contributed by atoms with van der Waals surface area (Å²) in [6.07, 6.45) is 0. The number of alkyl halides is 4. The molecule has 0 aromatic rings. The molecule has 0 rings (SSSR count). The Balaban J connectivity index is 5.69. The van der Waals surface area contributed by atoms with E-state index < -0.39 is 61.6 Å². The molecule has 0 aromatic carbocycles. The van der Waals surface area contributed by atoms with E-state index in [2.05, 4.69) is 8.37 Å². The lowest BCUT2D eigenvalue weighted by atomic mass is 10.7. The molecule has 2 N–H and O–H groups in total. The second-order valence-corrected chi connectivity index (χ2v) is 10.1. The lowest BCUT2D eigenvalue weighted by molar-refractivity contribution is -0.156. The largest absolute Gasteiger partial charge is 0.507 e. The van der Waals surface area contributed by atoms with Crippen molar-refractivity contribution < 1.29 is 78.3 Å². The Morgan fingerprint density at radius 2 is 0.808 bits per heavy atom. The molecule has 0 bridgehead atoms. The van der Waals surface area contributed by atoms with Crippen LogP contribution in [0.2, 0.25) is 0 Å². The van der Waals surface area contributed by atoms with E-state index >= 15 is 0 Å². The second-order valence-electron chi connectivity index (χ2n) is 3.53. The van der Waals surface area contributed by atoms with E-state index in [0.717, 1.165) is 0 Å². The van der Waals surface area contributed by atoms with Crippen LogP contribution in [0.25, 0.3) is 0 Å². The van der Waals surface area contributed by atoms with Crippen LogP contribution in [0.5, 0.6) is 0 Å². The predicted octanol–water partition coefficient (Wildman–Crippen LogP) is -2.39. The van der Waals surface area contributed by atoms with Gasteiger partial charge >= 0.3 is 61.6 Å². The van der Waals surface area contributed by atoms with Gasteiger partial charge in [-0.3, -0.25) is 9.11 Å². The van der Waals surface area contributed by atoms with Crippen molar-refractivity contribution in [2.75, 3.05) is 0 Å². The molecule has 0 aliphatic carbocycles. The minimum absolute atomic E-state index is 2.58. The molecule has 0 amide bonds. The van der Waals surface area contributed by atoms with Gasteiger partial charge in [-0.15, -0.1) is 0 Å². The number of hydrogen-bond donors (Lipinski definition) is 2. The first-order valence-electron chi connectivity index (χ1n) is 4.67. The first-order valence-corrected chi connectivity index (χ1v) is 10.4. The molecule has 0 unspecified atom stereocenters. The third kappa shape index (κ3) is 4.37. The van der Waals surface area contributed by atoms with Gasteiger partial charge in [-0.2, -0.15) is 51.2 Å². The highest BCUT2D eigenvalue weighted by Crippen LogP contribution is 2.31. The van der Waals surface area contributed by atoms with Crippen LogP contribution in [0.15, 0.2) is 0 Å². The van der Waals surface area contributed by atoms with Crippen molar-refractivity contribution in [3.8, 4) is 0 Å². The number of carbonyl (C=O) groups is 2. The number of halogens is 4. The maximum absolute atomic E-state index is 12.8. The molecule has 0 fully saturated rings. The van der Waals surface area contributed by atoms with Crippen molar-refractivity contribution in [2.45, 2.75) is 9.17 Å². The van der Waals surface area contributed by atoms with Crippen LogP contribution in [-0.4, -0.2) is 63.9 Å². The molecule has 0 radical (unpaired) electrons. The van der Waals surface area contributed by atoms with Gasteiger partial charge in [-0.1, -0.05) is 0 Å². The van der Waals surface area contributed by atoms with Crippen molar-refractivity contribution in [3.05, 3.63) is 0 Å². The van der Waals surface area contributed by atoms with Crippen LogP contribution in [0, 0.1) is 0 Å². The van der Waals surface area contributed by atoms with Gasteiger partial charge in [0.25, 0.3) is 0 Å². The Morgan fingerprint density at radius 3 is 0.962 bits per heavy atom. The van der Waals surface area contributed by atoms with E-state index in [1.54, 1.807) is 0 Å². The zero-order valence-electron chi connectivity index (χ0n) is 10.9. The minimum atomic E-state index is -7.05. The smallest absolute Gasteiger partial charge is 0.331 e. The molecular formula is C4H2F4O14S4. The fourth-order valence-corrected chi connectivity index (χ4v) is 3.62. The molecular weight excluding hydrogens is 476 g/mol. The molecule has 0 aliphatic rings. The second kappa shape index (κ2) is 6.52. The number of hydrogen-bond acceptors (Lipinski definition) is 12. The molecule has 22 heteroatoms. The molecule has 0 spiro atoms. The standard InChI is InChI=1S/C4H2F4O14S4/c5-3(6,23(11,12)13)25(17,18)21-1(9)2(10)22-26(19,20)4(7,8)24(14,15)16/h(H,11,12,13)(H,14,15,16). The summed E-state index contributed by atoms with van der Waals surface area (Å²) in [5.74, 6) is -6.74. The van der Waals surface area contributed by atoms with Crippen LogP contribution in [-0.2, 0) is 58.4 Å². The van der Waals surface area contributed by atoms with Gasteiger partial charge < -0.3 is 8.37 Å². The summed E-state index contributed by atoms with van der Waals surface area (Å²) in [5, 5.41) is 0. The van der Waals surface area contributed by atoms with Crippen molar-refractivity contribution in [3.63, 3.8) is 0 Å².